The first-order chi connectivity index (χ1) is 12.7. The van der Waals surface area contributed by atoms with Crippen molar-refractivity contribution >= 4 is 21.7 Å². The highest BCUT2D eigenvalue weighted by molar-refractivity contribution is 7.93. The Morgan fingerprint density at radius 1 is 1.04 bits per heavy atom. The zero-order chi connectivity index (χ0) is 20.0. The van der Waals surface area contributed by atoms with E-state index in [9.17, 15) is 18.0 Å². The number of hydrogen-bond acceptors (Lipinski definition) is 5. The van der Waals surface area contributed by atoms with Crippen LogP contribution in [0.15, 0.2) is 0 Å². The van der Waals surface area contributed by atoms with Gasteiger partial charge in [-0.15, -0.1) is 0 Å². The molecule has 0 radical (unpaired) electrons. The number of nitrogens with one attached hydrogen (secondary N) is 1. The number of piperidine rings is 1. The Bertz CT molecular complexity index is 606. The third-order valence-corrected chi connectivity index (χ3v) is 8.33. The molecule has 0 aromatic heterocycles. The predicted molar refractivity (Wildman–Crippen MR) is 106 cm³/mol. The van der Waals surface area contributed by atoms with Crippen molar-refractivity contribution in [1.82, 2.24) is 15.1 Å². The van der Waals surface area contributed by atoms with E-state index in [-0.39, 0.29) is 17.7 Å². The summed E-state index contributed by atoms with van der Waals surface area (Å²) in [7, 11) is -3.45. The largest absolute Gasteiger partial charge is 0.356 e. The lowest BCUT2D eigenvalue weighted by molar-refractivity contribution is -0.135. The molecule has 0 unspecified atom stereocenters. The molecule has 2 rings (SSSR count). The van der Waals surface area contributed by atoms with Gasteiger partial charge in [0.15, 0.2) is 9.84 Å². The van der Waals surface area contributed by atoms with E-state index < -0.39 is 20.3 Å². The lowest BCUT2D eigenvalue weighted by Gasteiger charge is -2.33. The number of carbonyl (C=O) groups is 2. The van der Waals surface area contributed by atoms with Crippen molar-refractivity contribution in [3.8, 4) is 0 Å². The monoisotopic (exact) mass is 401 g/mol. The van der Waals surface area contributed by atoms with Gasteiger partial charge in [0, 0.05) is 25.6 Å². The molecule has 0 aliphatic carbocycles. The Hall–Kier alpha value is -1.15. The highest BCUT2D eigenvalue weighted by atomic mass is 32.2. The van der Waals surface area contributed by atoms with Crippen LogP contribution in [0.1, 0.15) is 52.9 Å². The van der Waals surface area contributed by atoms with Gasteiger partial charge in [-0.25, -0.2) is 8.42 Å². The number of amides is 2. The Morgan fingerprint density at radius 3 is 2.19 bits per heavy atom. The van der Waals surface area contributed by atoms with Crippen LogP contribution in [-0.4, -0.2) is 79.8 Å². The first-order valence-electron chi connectivity index (χ1n) is 10.2. The second kappa shape index (κ2) is 9.87. The molecule has 27 heavy (non-hydrogen) atoms. The zero-order valence-corrected chi connectivity index (χ0v) is 17.8. The lowest BCUT2D eigenvalue weighted by Crippen LogP contribution is -2.48. The molecule has 8 heteroatoms. The molecule has 0 saturated carbocycles. The number of hydrogen-bond donors (Lipinski definition) is 1. The predicted octanol–water partition coefficient (Wildman–Crippen LogP) is 1.04. The summed E-state index contributed by atoms with van der Waals surface area (Å²) in [5.41, 5.74) is 0. The average Bonchev–Trinajstić information content (AvgIpc) is 3.17. The first-order valence-corrected chi connectivity index (χ1v) is 11.9. The second-order valence-corrected chi connectivity index (χ2v) is 10.9. The fourth-order valence-electron chi connectivity index (χ4n) is 3.83. The highest BCUT2D eigenvalue weighted by Gasteiger charge is 2.36. The molecule has 0 bridgehead atoms. The van der Waals surface area contributed by atoms with Gasteiger partial charge in [-0.1, -0.05) is 0 Å². The molecule has 2 aliphatic heterocycles. The summed E-state index contributed by atoms with van der Waals surface area (Å²) in [4.78, 5) is 28.9. The van der Waals surface area contributed by atoms with Gasteiger partial charge in [-0.2, -0.15) is 0 Å². The third kappa shape index (κ3) is 5.91. The van der Waals surface area contributed by atoms with E-state index in [0.29, 0.717) is 32.5 Å². The van der Waals surface area contributed by atoms with E-state index in [4.69, 9.17) is 0 Å². The Morgan fingerprint density at radius 2 is 1.63 bits per heavy atom. The van der Waals surface area contributed by atoms with Gasteiger partial charge in [0.2, 0.25) is 11.8 Å². The van der Waals surface area contributed by atoms with E-state index in [1.54, 1.807) is 18.7 Å². The summed E-state index contributed by atoms with van der Waals surface area (Å²) >= 11 is 0. The third-order valence-electron chi connectivity index (χ3n) is 5.82. The summed E-state index contributed by atoms with van der Waals surface area (Å²) in [6.07, 6.45) is 4.71. The second-order valence-electron chi connectivity index (χ2n) is 8.07. The summed E-state index contributed by atoms with van der Waals surface area (Å²) in [6, 6.07) is 0. The van der Waals surface area contributed by atoms with Crippen LogP contribution in [-0.2, 0) is 19.4 Å². The summed E-state index contributed by atoms with van der Waals surface area (Å²) in [6.45, 7) is 9.63. The maximum absolute atomic E-state index is 12.5. The molecular formula is C19H35N3O4S. The van der Waals surface area contributed by atoms with Crippen molar-refractivity contribution in [2.24, 2.45) is 5.92 Å². The zero-order valence-electron chi connectivity index (χ0n) is 16.9. The van der Waals surface area contributed by atoms with E-state index in [2.05, 4.69) is 10.2 Å². The van der Waals surface area contributed by atoms with E-state index in [1.165, 1.54) is 32.9 Å². The SMILES string of the molecule is CC(C)S(=O)(=O)[C@@H](C)C(=O)N1CCC(C(=O)NCCCN2CCCC2)CC1. The Balaban J connectivity index is 1.70. The number of sulfone groups is 1. The average molecular weight is 402 g/mol. The van der Waals surface area contributed by atoms with Crippen LogP contribution < -0.4 is 5.32 Å². The normalized spacial score (nSPS) is 20.8. The van der Waals surface area contributed by atoms with Crippen molar-refractivity contribution in [3.05, 3.63) is 0 Å². The molecule has 2 aliphatic rings. The first kappa shape index (κ1) is 22.1. The minimum absolute atomic E-state index is 0.0615. The fourth-order valence-corrected chi connectivity index (χ4v) is 5.08. The van der Waals surface area contributed by atoms with Gasteiger partial charge in [0.05, 0.1) is 5.25 Å². The van der Waals surface area contributed by atoms with Crippen LogP contribution in [0, 0.1) is 5.92 Å². The van der Waals surface area contributed by atoms with Crippen molar-refractivity contribution < 1.29 is 18.0 Å². The number of nitrogens with zero attached hydrogens (tertiary/aromatic N) is 2. The standard InChI is InChI=1S/C19H35N3O4S/c1-15(2)27(25,26)16(3)19(24)22-13-7-17(8-14-22)18(23)20-9-6-12-21-10-4-5-11-21/h15-17H,4-14H2,1-3H3,(H,20,23)/t16-/m0/s1. The summed E-state index contributed by atoms with van der Waals surface area (Å²) in [5, 5.41) is 1.43. The summed E-state index contributed by atoms with van der Waals surface area (Å²) in [5.74, 6) is -0.364. The van der Waals surface area contributed by atoms with Crippen molar-refractivity contribution in [3.63, 3.8) is 0 Å². The quantitative estimate of drug-likeness (QED) is 0.614. The lowest BCUT2D eigenvalue weighted by atomic mass is 9.95. The molecular weight excluding hydrogens is 366 g/mol. The maximum atomic E-state index is 12.5. The van der Waals surface area contributed by atoms with Crippen LogP contribution in [0.5, 0.6) is 0 Å². The van der Waals surface area contributed by atoms with Crippen molar-refractivity contribution in [1.29, 1.82) is 0 Å². The van der Waals surface area contributed by atoms with Crippen LogP contribution in [0.2, 0.25) is 0 Å². The van der Waals surface area contributed by atoms with Gasteiger partial charge < -0.3 is 15.1 Å². The van der Waals surface area contributed by atoms with Gasteiger partial charge in [0.1, 0.15) is 5.25 Å². The molecule has 2 amide bonds. The molecule has 156 valence electrons. The smallest absolute Gasteiger partial charge is 0.240 e. The Kier molecular flexibility index (Phi) is 8.09. The van der Waals surface area contributed by atoms with E-state index >= 15 is 0 Å². The molecule has 0 spiro atoms. The highest BCUT2D eigenvalue weighted by Crippen LogP contribution is 2.20. The number of rotatable bonds is 8. The minimum Gasteiger partial charge on any atom is -0.356 e. The van der Waals surface area contributed by atoms with Crippen LogP contribution in [0.4, 0.5) is 0 Å². The molecule has 0 aromatic rings. The summed E-state index contributed by atoms with van der Waals surface area (Å²) < 4.78 is 24.4. The van der Waals surface area contributed by atoms with E-state index in [1.807, 2.05) is 0 Å². The maximum Gasteiger partial charge on any atom is 0.240 e. The molecule has 2 saturated heterocycles. The van der Waals surface area contributed by atoms with Gasteiger partial charge in [-0.3, -0.25) is 9.59 Å². The topological polar surface area (TPSA) is 86.8 Å². The van der Waals surface area contributed by atoms with Gasteiger partial charge in [0.25, 0.3) is 0 Å². The van der Waals surface area contributed by atoms with Crippen molar-refractivity contribution in [2.45, 2.75) is 63.4 Å². The molecule has 1 atom stereocenters. The molecule has 2 heterocycles. The molecule has 0 aromatic carbocycles. The number of carbonyl (C=O) groups excluding carboxylic acids is 2. The fraction of sp³-hybridized carbons (Fsp3) is 0.895. The van der Waals surface area contributed by atoms with Crippen molar-refractivity contribution in [2.75, 3.05) is 39.3 Å². The van der Waals surface area contributed by atoms with Gasteiger partial charge in [-0.05, 0) is 72.5 Å². The minimum atomic E-state index is -3.45. The van der Waals surface area contributed by atoms with E-state index in [0.717, 1.165) is 13.0 Å². The van der Waals surface area contributed by atoms with Gasteiger partial charge >= 0.3 is 0 Å². The Labute approximate surface area is 163 Å². The van der Waals surface area contributed by atoms with Crippen LogP contribution >= 0.6 is 0 Å². The molecule has 1 N–H and O–H groups in total. The van der Waals surface area contributed by atoms with Crippen LogP contribution in [0.3, 0.4) is 0 Å². The molecule has 7 nitrogen and oxygen atoms in total. The molecule has 2 fully saturated rings. The van der Waals surface area contributed by atoms with Crippen LogP contribution in [0.25, 0.3) is 0 Å². The number of likely N-dealkylation sites (tertiary alicyclic amines) is 2.